The van der Waals surface area contributed by atoms with Gasteiger partial charge in [-0.2, -0.15) is 0 Å². The molecule has 1 aromatic rings. The van der Waals surface area contributed by atoms with Crippen molar-refractivity contribution in [1.82, 2.24) is 5.32 Å². The molecule has 0 heterocycles. The first-order chi connectivity index (χ1) is 7.72. The zero-order valence-corrected chi connectivity index (χ0v) is 10.1. The number of rotatable bonds is 7. The normalized spacial score (nSPS) is 12.7. The molecule has 1 atom stereocenters. The van der Waals surface area contributed by atoms with E-state index in [1.54, 1.807) is 14.0 Å². The van der Waals surface area contributed by atoms with Gasteiger partial charge < -0.3 is 15.2 Å². The third-order valence-electron chi connectivity index (χ3n) is 2.40. The van der Waals surface area contributed by atoms with Gasteiger partial charge >= 0.3 is 0 Å². The van der Waals surface area contributed by atoms with Gasteiger partial charge in [-0.1, -0.05) is 24.3 Å². The van der Waals surface area contributed by atoms with Crippen LogP contribution < -0.4 is 5.32 Å². The summed E-state index contributed by atoms with van der Waals surface area (Å²) in [6.07, 6.45) is 0.568. The Bertz CT molecular complexity index is 282. The van der Waals surface area contributed by atoms with Gasteiger partial charge in [0.25, 0.3) is 0 Å². The maximum Gasteiger partial charge on any atom is 0.0713 e. The van der Waals surface area contributed by atoms with Gasteiger partial charge in [-0.25, -0.2) is 0 Å². The van der Waals surface area contributed by atoms with Gasteiger partial charge in [0.1, 0.15) is 0 Å². The van der Waals surface area contributed by atoms with Gasteiger partial charge in [-0.3, -0.25) is 0 Å². The zero-order chi connectivity index (χ0) is 11.8. The van der Waals surface area contributed by atoms with Crippen LogP contribution in [-0.4, -0.2) is 24.9 Å². The van der Waals surface area contributed by atoms with Crippen molar-refractivity contribution in [2.45, 2.75) is 32.6 Å². The molecule has 0 radical (unpaired) electrons. The van der Waals surface area contributed by atoms with Gasteiger partial charge in [-0.15, -0.1) is 0 Å². The Labute approximate surface area is 97.4 Å². The van der Waals surface area contributed by atoms with Crippen LogP contribution in [0.2, 0.25) is 0 Å². The lowest BCUT2D eigenvalue weighted by atomic mass is 10.1. The van der Waals surface area contributed by atoms with Crippen LogP contribution in [0.4, 0.5) is 0 Å². The van der Waals surface area contributed by atoms with Crippen LogP contribution in [0.15, 0.2) is 24.3 Å². The highest BCUT2D eigenvalue weighted by Gasteiger charge is 1.96. The molecule has 0 aromatic heterocycles. The largest absolute Gasteiger partial charge is 0.393 e. The van der Waals surface area contributed by atoms with E-state index >= 15 is 0 Å². The number of hydrogen-bond acceptors (Lipinski definition) is 3. The first-order valence-electron chi connectivity index (χ1n) is 5.68. The van der Waals surface area contributed by atoms with E-state index < -0.39 is 0 Å². The van der Waals surface area contributed by atoms with E-state index in [9.17, 15) is 0 Å². The number of methoxy groups -OCH3 is 1. The number of hydrogen-bond donors (Lipinski definition) is 2. The molecule has 0 aliphatic carbocycles. The van der Waals surface area contributed by atoms with E-state index in [1.807, 2.05) is 0 Å². The zero-order valence-electron chi connectivity index (χ0n) is 10.1. The third kappa shape index (κ3) is 5.26. The summed E-state index contributed by atoms with van der Waals surface area (Å²) in [4.78, 5) is 0. The molecule has 0 spiro atoms. The van der Waals surface area contributed by atoms with Crippen LogP contribution >= 0.6 is 0 Å². The standard InChI is InChI=1S/C13H21NO2/c1-11(15)7-8-14-9-12-3-5-13(6-4-12)10-16-2/h3-6,11,14-15H,7-10H2,1-2H3. The number of nitrogens with one attached hydrogen (secondary N) is 1. The summed E-state index contributed by atoms with van der Waals surface area (Å²) in [6.45, 7) is 4.16. The van der Waals surface area contributed by atoms with Gasteiger partial charge in [0.05, 0.1) is 12.7 Å². The average molecular weight is 223 g/mol. The highest BCUT2D eigenvalue weighted by atomic mass is 16.5. The minimum absolute atomic E-state index is 0.225. The van der Waals surface area contributed by atoms with Crippen LogP contribution in [0, 0.1) is 0 Å². The second-order valence-corrected chi connectivity index (χ2v) is 4.06. The highest BCUT2D eigenvalue weighted by molar-refractivity contribution is 5.21. The van der Waals surface area contributed by atoms with Gasteiger partial charge in [0.15, 0.2) is 0 Å². The summed E-state index contributed by atoms with van der Waals surface area (Å²) in [5, 5.41) is 12.4. The van der Waals surface area contributed by atoms with E-state index in [4.69, 9.17) is 9.84 Å². The highest BCUT2D eigenvalue weighted by Crippen LogP contribution is 2.05. The molecule has 0 saturated heterocycles. The first kappa shape index (κ1) is 13.2. The quantitative estimate of drug-likeness (QED) is 0.691. The second-order valence-electron chi connectivity index (χ2n) is 4.06. The molecular weight excluding hydrogens is 202 g/mol. The molecule has 1 rings (SSSR count). The van der Waals surface area contributed by atoms with Crippen molar-refractivity contribution in [2.24, 2.45) is 0 Å². The molecule has 90 valence electrons. The molecule has 1 aromatic carbocycles. The Kier molecular flexibility index (Phi) is 6.08. The van der Waals surface area contributed by atoms with Gasteiger partial charge in [0, 0.05) is 13.7 Å². The molecule has 2 N–H and O–H groups in total. The average Bonchev–Trinajstić information content (AvgIpc) is 2.27. The Morgan fingerprint density at radius 2 is 1.88 bits per heavy atom. The molecule has 0 amide bonds. The molecule has 1 unspecified atom stereocenters. The molecule has 0 aliphatic rings. The minimum Gasteiger partial charge on any atom is -0.393 e. The van der Waals surface area contributed by atoms with Crippen LogP contribution in [0.1, 0.15) is 24.5 Å². The smallest absolute Gasteiger partial charge is 0.0713 e. The predicted octanol–water partition coefficient (Wildman–Crippen LogP) is 1.69. The summed E-state index contributed by atoms with van der Waals surface area (Å²) >= 11 is 0. The number of benzene rings is 1. The summed E-state index contributed by atoms with van der Waals surface area (Å²) in [5.41, 5.74) is 2.45. The van der Waals surface area contributed by atoms with Gasteiger partial charge in [0.2, 0.25) is 0 Å². The fraction of sp³-hybridized carbons (Fsp3) is 0.538. The SMILES string of the molecule is COCc1ccc(CNCCC(C)O)cc1. The van der Waals surface area contributed by atoms with Crippen molar-refractivity contribution in [1.29, 1.82) is 0 Å². The summed E-state index contributed by atoms with van der Waals surface area (Å²) < 4.78 is 5.05. The molecule has 0 fully saturated rings. The van der Waals surface area contributed by atoms with E-state index in [0.29, 0.717) is 6.61 Å². The van der Waals surface area contributed by atoms with E-state index in [-0.39, 0.29) is 6.10 Å². The van der Waals surface area contributed by atoms with Crippen molar-refractivity contribution in [2.75, 3.05) is 13.7 Å². The van der Waals surface area contributed by atoms with E-state index in [1.165, 1.54) is 11.1 Å². The number of aliphatic hydroxyl groups excluding tert-OH is 1. The Morgan fingerprint density at radius 3 is 2.44 bits per heavy atom. The Balaban J connectivity index is 2.26. The lowest BCUT2D eigenvalue weighted by molar-refractivity contribution is 0.183. The van der Waals surface area contributed by atoms with Crippen LogP contribution in [-0.2, 0) is 17.9 Å². The Morgan fingerprint density at radius 1 is 1.25 bits per heavy atom. The minimum atomic E-state index is -0.225. The number of aliphatic hydroxyl groups is 1. The molecule has 16 heavy (non-hydrogen) atoms. The van der Waals surface area contributed by atoms with Crippen LogP contribution in [0.25, 0.3) is 0 Å². The van der Waals surface area contributed by atoms with Crippen molar-refractivity contribution < 1.29 is 9.84 Å². The summed E-state index contributed by atoms with van der Waals surface area (Å²) in [6, 6.07) is 8.36. The molecule has 0 saturated carbocycles. The molecule has 0 aliphatic heterocycles. The van der Waals surface area contributed by atoms with Crippen molar-refractivity contribution in [3.05, 3.63) is 35.4 Å². The maximum absolute atomic E-state index is 9.09. The van der Waals surface area contributed by atoms with Crippen LogP contribution in [0.5, 0.6) is 0 Å². The first-order valence-corrected chi connectivity index (χ1v) is 5.68. The maximum atomic E-state index is 9.09. The Hall–Kier alpha value is -0.900. The third-order valence-corrected chi connectivity index (χ3v) is 2.40. The van der Waals surface area contributed by atoms with Crippen molar-refractivity contribution in [3.63, 3.8) is 0 Å². The fourth-order valence-electron chi connectivity index (χ4n) is 1.46. The van der Waals surface area contributed by atoms with Crippen LogP contribution in [0.3, 0.4) is 0 Å². The van der Waals surface area contributed by atoms with E-state index in [2.05, 4.69) is 29.6 Å². The molecule has 3 heteroatoms. The molecular formula is C13H21NO2. The predicted molar refractivity (Wildman–Crippen MR) is 65.2 cm³/mol. The fourth-order valence-corrected chi connectivity index (χ4v) is 1.46. The monoisotopic (exact) mass is 223 g/mol. The summed E-state index contributed by atoms with van der Waals surface area (Å²) in [7, 11) is 1.70. The molecule has 0 bridgehead atoms. The second kappa shape index (κ2) is 7.39. The van der Waals surface area contributed by atoms with Gasteiger partial charge in [-0.05, 0) is 31.0 Å². The van der Waals surface area contributed by atoms with E-state index in [0.717, 1.165) is 19.5 Å². The lowest BCUT2D eigenvalue weighted by Crippen LogP contribution is -2.18. The summed E-state index contributed by atoms with van der Waals surface area (Å²) in [5.74, 6) is 0. The number of ether oxygens (including phenoxy) is 1. The van der Waals surface area contributed by atoms with Crippen molar-refractivity contribution >= 4 is 0 Å². The molecule has 3 nitrogen and oxygen atoms in total. The van der Waals surface area contributed by atoms with Crippen molar-refractivity contribution in [3.8, 4) is 0 Å². The topological polar surface area (TPSA) is 41.5 Å². The lowest BCUT2D eigenvalue weighted by Gasteiger charge is -2.07.